The van der Waals surface area contributed by atoms with Gasteiger partial charge in [-0.2, -0.15) is 17.0 Å². The Hall–Kier alpha value is -1.89. The molecule has 16 rings (SSSR count). The summed E-state index contributed by atoms with van der Waals surface area (Å²) in [5.41, 5.74) is 8.45. The molecule has 7 nitrogen and oxygen atoms in total. The zero-order valence-electron chi connectivity index (χ0n) is 44.5. The number of hydrogen-bond acceptors (Lipinski definition) is 8. The Labute approximate surface area is 444 Å². The Morgan fingerprint density at radius 2 is 1.55 bits per heavy atom. The number of fused-ring (bicyclic) bond motifs is 18. The van der Waals surface area contributed by atoms with Crippen molar-refractivity contribution in [3.05, 3.63) is 46.7 Å². The summed E-state index contributed by atoms with van der Waals surface area (Å²) in [5, 5.41) is 22.4. The molecule has 0 aromatic heterocycles. The van der Waals surface area contributed by atoms with Gasteiger partial charge in [0.05, 0.1) is 42.4 Å². The summed E-state index contributed by atoms with van der Waals surface area (Å²) in [6.07, 6.45) is 50.2. The molecule has 8 heteroatoms. The molecule has 0 amide bonds. The third kappa shape index (κ3) is 7.73. The number of aliphatic imine (C=N–C) groups is 1. The summed E-state index contributed by atoms with van der Waals surface area (Å²) in [5.74, 6) is 9.04. The maximum absolute atomic E-state index is 11.6. The lowest BCUT2D eigenvalue weighted by atomic mass is 9.62. The van der Waals surface area contributed by atoms with Crippen LogP contribution in [0.2, 0.25) is 0 Å². The van der Waals surface area contributed by atoms with Gasteiger partial charge in [-0.25, -0.2) is 0 Å². The molecule has 16 aliphatic rings. The molecule has 24 atom stereocenters. The Morgan fingerprint density at radius 1 is 0.712 bits per heavy atom. The van der Waals surface area contributed by atoms with Gasteiger partial charge in [-0.3, -0.25) is 10.3 Å². The summed E-state index contributed by atoms with van der Waals surface area (Å²) in [7, 11) is 0. The third-order valence-electron chi connectivity index (χ3n) is 25.0. The van der Waals surface area contributed by atoms with Crippen molar-refractivity contribution < 1.29 is 9.47 Å². The molecule has 73 heavy (non-hydrogen) atoms. The van der Waals surface area contributed by atoms with Crippen molar-refractivity contribution in [1.29, 1.82) is 5.26 Å². The smallest absolute Gasteiger partial charge is 0.103 e. The van der Waals surface area contributed by atoms with E-state index in [1.165, 1.54) is 173 Å². The molecule has 0 radical (unpaired) electrons. The topological polar surface area (TPSA) is 81.9 Å². The summed E-state index contributed by atoms with van der Waals surface area (Å²) < 4.78 is 13.9. The molecule has 4 saturated heterocycles. The van der Waals surface area contributed by atoms with Gasteiger partial charge in [-0.05, 0) is 199 Å². The second-order valence-electron chi connectivity index (χ2n) is 28.1. The zero-order chi connectivity index (χ0) is 47.9. The van der Waals surface area contributed by atoms with Crippen molar-refractivity contribution in [2.75, 3.05) is 6.54 Å². The van der Waals surface area contributed by atoms with Crippen LogP contribution in [0.3, 0.4) is 0 Å². The molecule has 11 aliphatic carbocycles. The molecule has 394 valence electrons. The van der Waals surface area contributed by atoms with Crippen LogP contribution in [0, 0.1) is 94.2 Å². The second-order valence-corrected chi connectivity index (χ2v) is 29.6. The van der Waals surface area contributed by atoms with Crippen LogP contribution in [0.5, 0.6) is 0 Å². The molecule has 2 N–H and O–H groups in total. The molecular formula is C65H91N5O2S. The highest BCUT2D eigenvalue weighted by molar-refractivity contribution is 8.00. The third-order valence-corrected chi connectivity index (χ3v) is 26.9. The van der Waals surface area contributed by atoms with E-state index in [0.717, 1.165) is 77.6 Å². The highest BCUT2D eigenvalue weighted by atomic mass is 32.2. The lowest BCUT2D eigenvalue weighted by Gasteiger charge is -2.45. The number of thioether (sulfide) groups is 1. The van der Waals surface area contributed by atoms with Gasteiger partial charge in [-0.1, -0.05) is 75.7 Å². The predicted molar refractivity (Wildman–Crippen MR) is 293 cm³/mol. The first-order chi connectivity index (χ1) is 36.2. The summed E-state index contributed by atoms with van der Waals surface area (Å²) in [6.45, 7) is 1.17. The first-order valence-electron chi connectivity index (χ1n) is 32.2. The molecule has 24 unspecified atom stereocenters. The van der Waals surface area contributed by atoms with E-state index in [2.05, 4.69) is 57.7 Å². The second kappa shape index (κ2) is 19.2. The quantitative estimate of drug-likeness (QED) is 0.185. The van der Waals surface area contributed by atoms with Gasteiger partial charge in [0.25, 0.3) is 0 Å². The Morgan fingerprint density at radius 3 is 2.48 bits per heavy atom. The lowest BCUT2D eigenvalue weighted by molar-refractivity contribution is -0.00757. The SMILES string of the molecule is N#CC1CC(C(=NC(NCC2CCCC3SC4CCCCC4C23)C2CCCCC2)C2=C3C2CCC2C3NC3CCC4OC5CCCCC5C4C32)CCC1N1C2=C(C3CCC=CC31)C1C(CC2)OC2CCC=CC21. The average Bonchev–Trinajstić information content (AvgIpc) is 3.95. The van der Waals surface area contributed by atoms with E-state index in [-0.39, 0.29) is 18.1 Å². The number of nitrogens with one attached hydrogen (secondary N) is 2. The first-order valence-corrected chi connectivity index (χ1v) is 33.1. The van der Waals surface area contributed by atoms with Crippen LogP contribution >= 0.6 is 11.8 Å². The number of ether oxygens (including phenoxy) is 2. The summed E-state index contributed by atoms with van der Waals surface area (Å²) >= 11 is 2.44. The van der Waals surface area contributed by atoms with Gasteiger partial charge in [0.2, 0.25) is 0 Å². The van der Waals surface area contributed by atoms with Crippen LogP contribution < -0.4 is 10.6 Å². The first kappa shape index (κ1) is 47.1. The molecule has 0 bridgehead atoms. The molecule has 7 saturated carbocycles. The Kier molecular flexibility index (Phi) is 12.4. The van der Waals surface area contributed by atoms with Gasteiger partial charge in [-0.15, -0.1) is 0 Å². The van der Waals surface area contributed by atoms with Crippen molar-refractivity contribution >= 4 is 17.5 Å². The Balaban J connectivity index is 0.737. The van der Waals surface area contributed by atoms with Gasteiger partial charge in [0.15, 0.2) is 0 Å². The van der Waals surface area contributed by atoms with E-state index in [4.69, 9.17) is 14.5 Å². The minimum atomic E-state index is 0.0181. The van der Waals surface area contributed by atoms with E-state index in [1.54, 1.807) is 22.4 Å². The van der Waals surface area contributed by atoms with E-state index in [9.17, 15) is 5.26 Å². The fourth-order valence-corrected chi connectivity index (χ4v) is 24.5. The highest BCUT2D eigenvalue weighted by Crippen LogP contribution is 2.64. The summed E-state index contributed by atoms with van der Waals surface area (Å²) in [6, 6.07) is 5.01. The molecule has 0 aromatic rings. The molecule has 0 aromatic carbocycles. The van der Waals surface area contributed by atoms with E-state index < -0.39 is 0 Å². The molecule has 5 aliphatic heterocycles. The van der Waals surface area contributed by atoms with Crippen molar-refractivity contribution in [3.8, 4) is 6.07 Å². The maximum atomic E-state index is 11.6. The summed E-state index contributed by atoms with van der Waals surface area (Å²) in [4.78, 5) is 9.33. The van der Waals surface area contributed by atoms with Crippen molar-refractivity contribution in [1.82, 2.24) is 15.5 Å². The van der Waals surface area contributed by atoms with E-state index in [0.29, 0.717) is 78.0 Å². The van der Waals surface area contributed by atoms with Gasteiger partial charge in [0.1, 0.15) is 6.17 Å². The fraction of sp³-hybridized carbons (Fsp3) is 0.846. The number of rotatable bonds is 8. The maximum Gasteiger partial charge on any atom is 0.103 e. The monoisotopic (exact) mass is 1010 g/mol. The number of hydrogen-bond donors (Lipinski definition) is 2. The molecule has 5 heterocycles. The van der Waals surface area contributed by atoms with Crippen LogP contribution in [0.25, 0.3) is 0 Å². The number of allylic oxidation sites excluding steroid dienone is 4. The highest BCUT2D eigenvalue weighted by Gasteiger charge is 2.63. The van der Waals surface area contributed by atoms with Crippen LogP contribution in [0.1, 0.15) is 186 Å². The van der Waals surface area contributed by atoms with Crippen LogP contribution in [0.15, 0.2) is 51.7 Å². The molecular weight excluding hydrogens is 915 g/mol. The largest absolute Gasteiger partial charge is 0.374 e. The molecule has 0 spiro atoms. The van der Waals surface area contributed by atoms with Gasteiger partial charge >= 0.3 is 0 Å². The Bertz CT molecular complexity index is 2330. The minimum absolute atomic E-state index is 0.0181. The molecule has 11 fully saturated rings. The van der Waals surface area contributed by atoms with Crippen LogP contribution in [0.4, 0.5) is 0 Å². The van der Waals surface area contributed by atoms with E-state index in [1.807, 2.05) is 0 Å². The predicted octanol–water partition coefficient (Wildman–Crippen LogP) is 13.0. The van der Waals surface area contributed by atoms with Crippen molar-refractivity contribution in [2.24, 2.45) is 87.8 Å². The number of nitrogens with zero attached hydrogens (tertiary/aromatic N) is 3. The van der Waals surface area contributed by atoms with Crippen molar-refractivity contribution in [3.63, 3.8) is 0 Å². The van der Waals surface area contributed by atoms with Gasteiger partial charge in [0, 0.05) is 76.2 Å². The zero-order valence-corrected chi connectivity index (χ0v) is 45.3. The van der Waals surface area contributed by atoms with Gasteiger partial charge < -0.3 is 19.7 Å². The normalized spacial score (nSPS) is 50.8. The average molecular weight is 1010 g/mol. The van der Waals surface area contributed by atoms with Crippen LogP contribution in [-0.4, -0.2) is 82.4 Å². The fourth-order valence-electron chi connectivity index (χ4n) is 22.3. The van der Waals surface area contributed by atoms with Crippen molar-refractivity contribution in [2.45, 2.75) is 251 Å². The van der Waals surface area contributed by atoms with E-state index >= 15 is 0 Å². The lowest BCUT2D eigenvalue weighted by Crippen LogP contribution is -2.48. The van der Waals surface area contributed by atoms with Crippen LogP contribution in [-0.2, 0) is 9.47 Å². The number of nitriles is 1. The standard InChI is InChI=1S/C65H91N5O2S/c66-34-39-33-37(25-29-47(39)70-48-20-8-4-16-40(48)58-49(70)30-32-53-60(58)42-18-6-10-22-51(42)72-53)63(61-44-26-27-45-57-46(68-64(45)62(44)61)28-31-52-59(57)41-17-5-9-21-50(41)71-52)69-65(36-13-2-1-3-14-36)67-35-38-15-12-24-55-56(38)43-19-7-11-23-54(43)73-55/h6,8,18,20,36-48,50-57,59-60,64-65,67-68H,1-5,7,9-17,19,21-33,35H2. The minimum Gasteiger partial charge on any atom is -0.374 e.